The molecule has 0 unspecified atom stereocenters. The third-order valence-electron chi connectivity index (χ3n) is 0.387. The van der Waals surface area contributed by atoms with Crippen LogP contribution in [0, 0.1) is 6.04 Å². The molecule has 0 aromatic heterocycles. The van der Waals surface area contributed by atoms with Gasteiger partial charge in [-0.1, -0.05) is 6.92 Å². The predicted octanol–water partition coefficient (Wildman–Crippen LogP) is -1.33. The van der Waals surface area contributed by atoms with Crippen molar-refractivity contribution in [1.29, 1.82) is 0 Å². The van der Waals surface area contributed by atoms with Crippen molar-refractivity contribution in [3.05, 3.63) is 6.04 Å². The topological polar surface area (TPSA) is 60.7 Å². The van der Waals surface area contributed by atoms with E-state index in [0.717, 1.165) is 6.04 Å². The van der Waals surface area contributed by atoms with E-state index in [1.54, 1.807) is 0 Å². The average molecular weight is 107 g/mol. The molecule has 0 bridgehead atoms. The van der Waals surface area contributed by atoms with Crippen LogP contribution in [0.1, 0.15) is 6.92 Å². The van der Waals surface area contributed by atoms with Crippen LogP contribution in [0.15, 0.2) is 0 Å². The molecule has 0 aliphatic carbocycles. The fourth-order valence-electron chi connectivity index (χ4n) is 0. The van der Waals surface area contributed by atoms with Gasteiger partial charge in [0.25, 0.3) is 0 Å². The Labute approximate surface area is 37.2 Å². The summed E-state index contributed by atoms with van der Waals surface area (Å²) in [6, 6.07) is 0.993. The molecule has 0 atom stereocenters. The predicted molar refractivity (Wildman–Crippen MR) is 22.4 cm³/mol. The molecule has 0 saturated carbocycles. The van der Waals surface area contributed by atoms with Crippen molar-refractivity contribution in [2.75, 3.05) is 0 Å². The molecule has 37 valence electrons. The van der Waals surface area contributed by atoms with E-state index in [0.29, 0.717) is 0 Å². The summed E-state index contributed by atoms with van der Waals surface area (Å²) in [6.07, 6.45) is 0. The number of hydrogen-bond donors (Lipinski definition) is 3. The lowest BCUT2D eigenvalue weighted by Crippen LogP contribution is -2.34. The van der Waals surface area contributed by atoms with Crippen LogP contribution in [0.4, 0.5) is 0 Å². The fraction of sp³-hybridized carbons (Fsp3) is 0.500. The second-order valence-corrected chi connectivity index (χ2v) is 2.93. The fourth-order valence-corrected chi connectivity index (χ4v) is 0. The van der Waals surface area contributed by atoms with Crippen molar-refractivity contribution in [2.24, 2.45) is 0 Å². The lowest BCUT2D eigenvalue weighted by molar-refractivity contribution is 0.240. The molecule has 0 saturated heterocycles. The normalized spacial score (nSPS) is 12.0. The summed E-state index contributed by atoms with van der Waals surface area (Å²) < 4.78 is 0. The molecule has 3 N–H and O–H groups in total. The quantitative estimate of drug-likeness (QED) is 0.364. The second kappa shape index (κ2) is 1.70. The molecule has 0 amide bonds. The number of rotatable bonds is 1. The maximum Gasteiger partial charge on any atom is 0.495 e. The highest BCUT2D eigenvalue weighted by atomic mass is 28.4. The van der Waals surface area contributed by atoms with Crippen molar-refractivity contribution in [3.63, 3.8) is 0 Å². The van der Waals surface area contributed by atoms with E-state index in [1.807, 2.05) is 0 Å². The molecule has 1 radical (unpaired) electrons. The molecular formula is C2H7O3Si. The molecule has 0 fully saturated rings. The first-order valence-corrected chi connectivity index (χ1v) is 3.46. The molecule has 0 heterocycles. The molecule has 0 aliphatic heterocycles. The summed E-state index contributed by atoms with van der Waals surface area (Å²) in [4.78, 5) is 24.1. The monoisotopic (exact) mass is 107 g/mol. The van der Waals surface area contributed by atoms with Crippen molar-refractivity contribution in [2.45, 2.75) is 6.92 Å². The Morgan fingerprint density at radius 3 is 1.50 bits per heavy atom. The Bertz CT molecular complexity index is 38.5. The van der Waals surface area contributed by atoms with E-state index in [9.17, 15) is 0 Å². The van der Waals surface area contributed by atoms with Gasteiger partial charge in [-0.2, -0.15) is 0 Å². The third kappa shape index (κ3) is 4.10. The largest absolute Gasteiger partial charge is 0.495 e. The van der Waals surface area contributed by atoms with Crippen molar-refractivity contribution in [3.8, 4) is 0 Å². The van der Waals surface area contributed by atoms with Crippen LogP contribution in [0.3, 0.4) is 0 Å². The van der Waals surface area contributed by atoms with Crippen molar-refractivity contribution >= 4 is 8.80 Å². The van der Waals surface area contributed by atoms with E-state index in [1.165, 1.54) is 6.92 Å². The van der Waals surface area contributed by atoms with Gasteiger partial charge in [0.2, 0.25) is 0 Å². The molecule has 4 heteroatoms. The van der Waals surface area contributed by atoms with Gasteiger partial charge in [-0.05, 0) is 0 Å². The molecular weight excluding hydrogens is 100 g/mol. The van der Waals surface area contributed by atoms with Gasteiger partial charge in [0.15, 0.2) is 0 Å². The molecule has 6 heavy (non-hydrogen) atoms. The summed E-state index contributed by atoms with van der Waals surface area (Å²) in [7, 11) is -3.76. The first-order valence-electron chi connectivity index (χ1n) is 1.54. The minimum absolute atomic E-state index is 0.993. The van der Waals surface area contributed by atoms with Crippen molar-refractivity contribution in [1.82, 2.24) is 0 Å². The van der Waals surface area contributed by atoms with Gasteiger partial charge in [-0.25, -0.2) is 0 Å². The van der Waals surface area contributed by atoms with Gasteiger partial charge in [-0.15, -0.1) is 0 Å². The SMILES string of the molecule is C[CH][Si](O)(O)O. The highest BCUT2D eigenvalue weighted by Crippen LogP contribution is 1.86. The minimum Gasteiger partial charge on any atom is -0.390 e. The average Bonchev–Trinajstić information content (AvgIpc) is 1.35. The van der Waals surface area contributed by atoms with Crippen LogP contribution in [-0.4, -0.2) is 23.2 Å². The van der Waals surface area contributed by atoms with Gasteiger partial charge in [0, 0.05) is 6.04 Å². The lowest BCUT2D eigenvalue weighted by Gasteiger charge is -2.01. The van der Waals surface area contributed by atoms with Crippen LogP contribution >= 0.6 is 0 Å². The maximum atomic E-state index is 8.02. The Hall–Kier alpha value is 0.0969. The zero-order valence-corrected chi connectivity index (χ0v) is 4.42. The summed E-state index contributed by atoms with van der Waals surface area (Å²) in [6.45, 7) is 1.40. The van der Waals surface area contributed by atoms with Crippen LogP contribution < -0.4 is 0 Å². The highest BCUT2D eigenvalue weighted by Gasteiger charge is 2.22. The minimum atomic E-state index is -3.76. The Morgan fingerprint density at radius 1 is 1.33 bits per heavy atom. The van der Waals surface area contributed by atoms with E-state index in [-0.39, 0.29) is 0 Å². The molecule has 0 spiro atoms. The van der Waals surface area contributed by atoms with Gasteiger partial charge in [0.1, 0.15) is 0 Å². The first-order chi connectivity index (χ1) is 2.56. The summed E-state index contributed by atoms with van der Waals surface area (Å²) >= 11 is 0. The Morgan fingerprint density at radius 2 is 1.50 bits per heavy atom. The zero-order chi connectivity index (χ0) is 5.21. The van der Waals surface area contributed by atoms with E-state index in [4.69, 9.17) is 14.4 Å². The Balaban J connectivity index is 3.17. The summed E-state index contributed by atoms with van der Waals surface area (Å²) in [5, 5.41) is 0. The zero-order valence-electron chi connectivity index (χ0n) is 3.42. The summed E-state index contributed by atoms with van der Waals surface area (Å²) in [5.74, 6) is 0. The lowest BCUT2D eigenvalue weighted by atomic mass is 11.0. The van der Waals surface area contributed by atoms with E-state index in [2.05, 4.69) is 0 Å². The van der Waals surface area contributed by atoms with Crippen molar-refractivity contribution < 1.29 is 14.4 Å². The molecule has 0 aliphatic rings. The van der Waals surface area contributed by atoms with Gasteiger partial charge >= 0.3 is 8.80 Å². The highest BCUT2D eigenvalue weighted by molar-refractivity contribution is 6.60. The van der Waals surface area contributed by atoms with E-state index < -0.39 is 8.80 Å². The molecule has 0 aromatic carbocycles. The second-order valence-electron chi connectivity index (χ2n) is 0.976. The van der Waals surface area contributed by atoms with Gasteiger partial charge < -0.3 is 14.4 Å². The van der Waals surface area contributed by atoms with Gasteiger partial charge in [0.05, 0.1) is 0 Å². The third-order valence-corrected chi connectivity index (χ3v) is 1.16. The first kappa shape index (κ1) is 6.10. The van der Waals surface area contributed by atoms with Crippen LogP contribution in [0.5, 0.6) is 0 Å². The van der Waals surface area contributed by atoms with Crippen LogP contribution in [0.2, 0.25) is 0 Å². The smallest absolute Gasteiger partial charge is 0.390 e. The van der Waals surface area contributed by atoms with Crippen LogP contribution in [0.25, 0.3) is 0 Å². The van der Waals surface area contributed by atoms with Crippen LogP contribution in [-0.2, 0) is 0 Å². The molecule has 0 aromatic rings. The maximum absolute atomic E-state index is 8.02. The molecule has 0 rings (SSSR count). The standard InChI is InChI=1S/C2H7O3Si/c1-2-6(3,4)5/h2-5H,1H3. The molecule has 3 nitrogen and oxygen atoms in total. The van der Waals surface area contributed by atoms with Gasteiger partial charge in [-0.3, -0.25) is 0 Å². The summed E-state index contributed by atoms with van der Waals surface area (Å²) in [5.41, 5.74) is 0. The number of hydrogen-bond acceptors (Lipinski definition) is 3. The Kier molecular flexibility index (Phi) is 1.73. The van der Waals surface area contributed by atoms with E-state index >= 15 is 0 Å².